The average molecular weight is 262 g/mol. The fraction of sp³-hybridized carbons (Fsp3) is 0.533. The Kier molecular flexibility index (Phi) is 4.80. The maximum Gasteiger partial charge on any atom is 0.164 e. The second kappa shape index (κ2) is 6.57. The predicted octanol–water partition coefficient (Wildman–Crippen LogP) is 2.34. The highest BCUT2D eigenvalue weighted by atomic mass is 16.5. The van der Waals surface area contributed by atoms with Gasteiger partial charge >= 0.3 is 0 Å². The molecule has 0 radical (unpaired) electrons. The number of ether oxygens (including phenoxy) is 1. The van der Waals surface area contributed by atoms with Crippen LogP contribution in [-0.4, -0.2) is 36.9 Å². The number of hydrogen-bond acceptors (Lipinski definition) is 4. The van der Waals surface area contributed by atoms with Gasteiger partial charge in [-0.25, -0.2) is 0 Å². The van der Waals surface area contributed by atoms with E-state index in [4.69, 9.17) is 10.5 Å². The number of hydrogen-bond donors (Lipinski definition) is 1. The van der Waals surface area contributed by atoms with Crippen molar-refractivity contribution < 1.29 is 9.53 Å². The molecule has 1 aliphatic heterocycles. The minimum Gasteiger partial charge on any atom is -0.492 e. The van der Waals surface area contributed by atoms with Gasteiger partial charge in [0.2, 0.25) is 0 Å². The minimum absolute atomic E-state index is 0.154. The van der Waals surface area contributed by atoms with E-state index in [2.05, 4.69) is 4.90 Å². The van der Waals surface area contributed by atoms with Crippen molar-refractivity contribution in [2.75, 3.05) is 32.0 Å². The van der Waals surface area contributed by atoms with Crippen LogP contribution in [0.5, 0.6) is 5.75 Å². The van der Waals surface area contributed by atoms with Crippen LogP contribution in [-0.2, 0) is 0 Å². The van der Waals surface area contributed by atoms with Crippen LogP contribution in [0.3, 0.4) is 0 Å². The lowest BCUT2D eigenvalue weighted by Crippen LogP contribution is -2.22. The van der Waals surface area contributed by atoms with Crippen LogP contribution in [0.25, 0.3) is 0 Å². The second-order valence-electron chi connectivity index (χ2n) is 4.91. The number of benzene rings is 1. The van der Waals surface area contributed by atoms with E-state index in [1.807, 2.05) is 6.92 Å². The molecule has 0 bridgehead atoms. The quantitative estimate of drug-likeness (QED) is 0.631. The summed E-state index contributed by atoms with van der Waals surface area (Å²) < 4.78 is 5.37. The Morgan fingerprint density at radius 1 is 1.37 bits per heavy atom. The fourth-order valence-electron chi connectivity index (χ4n) is 2.42. The van der Waals surface area contributed by atoms with Gasteiger partial charge in [0, 0.05) is 18.5 Å². The standard InChI is InChI=1S/C15H22N2O2/c1-2-19-15-6-5-12(11-13(15)16)14(18)7-10-17-8-3-4-9-17/h5-6,11H,2-4,7-10,16H2,1H3. The first-order chi connectivity index (χ1) is 9.20. The summed E-state index contributed by atoms with van der Waals surface area (Å²) in [5, 5.41) is 0. The first kappa shape index (κ1) is 13.9. The Balaban J connectivity index is 1.92. The van der Waals surface area contributed by atoms with Crippen LogP contribution in [0.1, 0.15) is 36.5 Å². The molecule has 1 aromatic rings. The van der Waals surface area contributed by atoms with Crippen LogP contribution in [0.15, 0.2) is 18.2 Å². The van der Waals surface area contributed by atoms with Crippen molar-refractivity contribution in [3.63, 3.8) is 0 Å². The smallest absolute Gasteiger partial charge is 0.164 e. The summed E-state index contributed by atoms with van der Waals surface area (Å²) in [4.78, 5) is 14.4. The van der Waals surface area contributed by atoms with E-state index in [-0.39, 0.29) is 5.78 Å². The number of nitrogens with zero attached hydrogens (tertiary/aromatic N) is 1. The summed E-state index contributed by atoms with van der Waals surface area (Å²) in [6, 6.07) is 5.30. The highest BCUT2D eigenvalue weighted by molar-refractivity contribution is 5.97. The Morgan fingerprint density at radius 2 is 2.11 bits per heavy atom. The number of likely N-dealkylation sites (tertiary alicyclic amines) is 1. The molecule has 1 aliphatic rings. The van der Waals surface area contributed by atoms with Crippen LogP contribution in [0.4, 0.5) is 5.69 Å². The molecule has 0 aliphatic carbocycles. The van der Waals surface area contributed by atoms with E-state index in [1.165, 1.54) is 12.8 Å². The highest BCUT2D eigenvalue weighted by Gasteiger charge is 2.14. The minimum atomic E-state index is 0.154. The summed E-state index contributed by atoms with van der Waals surface area (Å²) in [5.41, 5.74) is 7.09. The van der Waals surface area contributed by atoms with Gasteiger partial charge < -0.3 is 15.4 Å². The first-order valence-corrected chi connectivity index (χ1v) is 6.98. The van der Waals surface area contributed by atoms with Crippen LogP contribution >= 0.6 is 0 Å². The van der Waals surface area contributed by atoms with Gasteiger partial charge in [0.05, 0.1) is 12.3 Å². The molecule has 2 rings (SSSR count). The van der Waals surface area contributed by atoms with Crippen molar-refractivity contribution in [2.24, 2.45) is 0 Å². The molecule has 104 valence electrons. The molecular weight excluding hydrogens is 240 g/mol. The molecule has 1 heterocycles. The number of carbonyl (C=O) groups excluding carboxylic acids is 1. The molecule has 4 nitrogen and oxygen atoms in total. The molecule has 1 fully saturated rings. The maximum atomic E-state index is 12.1. The van der Waals surface area contributed by atoms with Gasteiger partial charge in [0.15, 0.2) is 5.78 Å². The zero-order chi connectivity index (χ0) is 13.7. The zero-order valence-corrected chi connectivity index (χ0v) is 11.5. The molecule has 1 aromatic carbocycles. The third-order valence-electron chi connectivity index (χ3n) is 3.49. The second-order valence-corrected chi connectivity index (χ2v) is 4.91. The van der Waals surface area contributed by atoms with Crippen LogP contribution in [0.2, 0.25) is 0 Å². The van der Waals surface area contributed by atoms with Crippen LogP contribution in [0, 0.1) is 0 Å². The van der Waals surface area contributed by atoms with Crippen LogP contribution < -0.4 is 10.5 Å². The zero-order valence-electron chi connectivity index (χ0n) is 11.5. The summed E-state index contributed by atoms with van der Waals surface area (Å²) in [6.07, 6.45) is 3.07. The van der Waals surface area contributed by atoms with Crippen molar-refractivity contribution in [3.8, 4) is 5.75 Å². The molecule has 0 aromatic heterocycles. The molecule has 0 spiro atoms. The Hall–Kier alpha value is -1.55. The van der Waals surface area contributed by atoms with Crippen molar-refractivity contribution in [3.05, 3.63) is 23.8 Å². The topological polar surface area (TPSA) is 55.6 Å². The lowest BCUT2D eigenvalue weighted by Gasteiger charge is -2.14. The number of ketones is 1. The summed E-state index contributed by atoms with van der Waals surface area (Å²) >= 11 is 0. The van der Waals surface area contributed by atoms with Crippen molar-refractivity contribution in [1.29, 1.82) is 0 Å². The fourth-order valence-corrected chi connectivity index (χ4v) is 2.42. The molecule has 4 heteroatoms. The molecule has 19 heavy (non-hydrogen) atoms. The van der Waals surface area contributed by atoms with Crippen molar-refractivity contribution >= 4 is 11.5 Å². The number of nitrogens with two attached hydrogens (primary N) is 1. The average Bonchev–Trinajstić information content (AvgIpc) is 2.91. The Bertz CT molecular complexity index is 440. The number of Topliss-reactive ketones (excluding diaryl/α,β-unsaturated/α-hetero) is 1. The molecule has 1 saturated heterocycles. The summed E-state index contributed by atoms with van der Waals surface area (Å²) in [5.74, 6) is 0.806. The van der Waals surface area contributed by atoms with E-state index < -0.39 is 0 Å². The Morgan fingerprint density at radius 3 is 2.74 bits per heavy atom. The molecule has 0 unspecified atom stereocenters. The van der Waals surface area contributed by atoms with E-state index in [1.54, 1.807) is 18.2 Å². The van der Waals surface area contributed by atoms with Gasteiger partial charge in [0.25, 0.3) is 0 Å². The largest absolute Gasteiger partial charge is 0.492 e. The van der Waals surface area contributed by atoms with Crippen molar-refractivity contribution in [1.82, 2.24) is 4.90 Å². The van der Waals surface area contributed by atoms with E-state index in [0.29, 0.717) is 30.0 Å². The van der Waals surface area contributed by atoms with E-state index >= 15 is 0 Å². The Labute approximate surface area is 114 Å². The molecule has 0 amide bonds. The molecule has 2 N–H and O–H groups in total. The third kappa shape index (κ3) is 3.70. The molecule has 0 atom stereocenters. The van der Waals surface area contributed by atoms with Gasteiger partial charge in [0.1, 0.15) is 5.75 Å². The first-order valence-electron chi connectivity index (χ1n) is 6.98. The van der Waals surface area contributed by atoms with Gasteiger partial charge in [-0.2, -0.15) is 0 Å². The van der Waals surface area contributed by atoms with E-state index in [0.717, 1.165) is 19.6 Å². The number of nitrogen functional groups attached to an aromatic ring is 1. The van der Waals surface area contributed by atoms with Gasteiger partial charge in [-0.1, -0.05) is 0 Å². The predicted molar refractivity (Wildman–Crippen MR) is 76.6 cm³/mol. The number of carbonyl (C=O) groups is 1. The van der Waals surface area contributed by atoms with Gasteiger partial charge in [-0.15, -0.1) is 0 Å². The normalized spacial score (nSPS) is 15.6. The third-order valence-corrected chi connectivity index (χ3v) is 3.49. The lowest BCUT2D eigenvalue weighted by molar-refractivity contribution is 0.0969. The number of anilines is 1. The maximum absolute atomic E-state index is 12.1. The molecular formula is C15H22N2O2. The SMILES string of the molecule is CCOc1ccc(C(=O)CCN2CCCC2)cc1N. The summed E-state index contributed by atoms with van der Waals surface area (Å²) in [7, 11) is 0. The van der Waals surface area contributed by atoms with Gasteiger partial charge in [-0.05, 0) is 51.1 Å². The van der Waals surface area contributed by atoms with Gasteiger partial charge in [-0.3, -0.25) is 4.79 Å². The number of rotatable bonds is 6. The van der Waals surface area contributed by atoms with Crippen molar-refractivity contribution in [2.45, 2.75) is 26.2 Å². The molecule has 0 saturated carbocycles. The summed E-state index contributed by atoms with van der Waals surface area (Å²) in [6.45, 7) is 5.59. The highest BCUT2D eigenvalue weighted by Crippen LogP contribution is 2.23. The monoisotopic (exact) mass is 262 g/mol. The lowest BCUT2D eigenvalue weighted by atomic mass is 10.1. The van der Waals surface area contributed by atoms with E-state index in [9.17, 15) is 4.79 Å².